The summed E-state index contributed by atoms with van der Waals surface area (Å²) in [5, 5.41) is 17.0. The third kappa shape index (κ3) is 2.35. The first-order valence-corrected chi connectivity index (χ1v) is 3.68. The maximum absolute atomic E-state index is 10.7. The molecule has 0 aromatic heterocycles. The Labute approximate surface area is 79.8 Å². The zero-order valence-corrected chi connectivity index (χ0v) is 7.02. The van der Waals surface area contributed by atoms with Crippen LogP contribution in [0.3, 0.4) is 0 Å². The third-order valence-electron chi connectivity index (χ3n) is 1.46. The average molecular weight is 190 g/mol. The minimum Gasteiger partial charge on any atom is -0.478 e. The first-order valence-electron chi connectivity index (χ1n) is 3.68. The molecule has 1 rings (SSSR count). The molecule has 0 unspecified atom stereocenters. The summed E-state index contributed by atoms with van der Waals surface area (Å²) in [7, 11) is 0. The van der Waals surface area contributed by atoms with Gasteiger partial charge < -0.3 is 10.2 Å². The van der Waals surface area contributed by atoms with Gasteiger partial charge >= 0.3 is 11.9 Å². The number of carbonyl (C=O) groups is 2. The summed E-state index contributed by atoms with van der Waals surface area (Å²) in [6.45, 7) is 0. The molecule has 0 amide bonds. The average Bonchev–Trinajstić information content (AvgIpc) is 2.15. The van der Waals surface area contributed by atoms with Crippen molar-refractivity contribution in [2.24, 2.45) is 0 Å². The number of aromatic carboxylic acids is 1. The van der Waals surface area contributed by atoms with Gasteiger partial charge in [-0.1, -0.05) is 18.1 Å². The van der Waals surface area contributed by atoms with Crippen molar-refractivity contribution in [2.45, 2.75) is 0 Å². The van der Waals surface area contributed by atoms with Crippen LogP contribution in [0.1, 0.15) is 15.9 Å². The van der Waals surface area contributed by atoms with E-state index in [0.717, 1.165) is 0 Å². The number of carboxylic acid groups (broad SMARTS) is 2. The third-order valence-corrected chi connectivity index (χ3v) is 1.46. The second-order valence-electron chi connectivity index (χ2n) is 2.41. The molecule has 1 aromatic rings. The number of carboxylic acids is 2. The molecule has 0 fully saturated rings. The van der Waals surface area contributed by atoms with Crippen molar-refractivity contribution in [1.29, 1.82) is 0 Å². The molecule has 14 heavy (non-hydrogen) atoms. The predicted molar refractivity (Wildman–Crippen MR) is 47.9 cm³/mol. The van der Waals surface area contributed by atoms with Crippen LogP contribution < -0.4 is 0 Å². The first kappa shape index (κ1) is 9.81. The lowest BCUT2D eigenvalue weighted by molar-refractivity contribution is -0.130. The molecule has 4 nitrogen and oxygen atoms in total. The Morgan fingerprint density at radius 3 is 2.36 bits per heavy atom. The summed E-state index contributed by atoms with van der Waals surface area (Å²) in [5.74, 6) is 1.71. The van der Waals surface area contributed by atoms with Crippen molar-refractivity contribution in [2.75, 3.05) is 0 Å². The van der Waals surface area contributed by atoms with Crippen molar-refractivity contribution < 1.29 is 19.8 Å². The number of benzene rings is 1. The van der Waals surface area contributed by atoms with E-state index in [2.05, 4.69) is 5.92 Å². The van der Waals surface area contributed by atoms with Crippen LogP contribution in [0.5, 0.6) is 0 Å². The Hall–Kier alpha value is -2.28. The van der Waals surface area contributed by atoms with Gasteiger partial charge in [-0.25, -0.2) is 9.59 Å². The van der Waals surface area contributed by atoms with Gasteiger partial charge in [0, 0.05) is 11.5 Å². The monoisotopic (exact) mass is 190 g/mol. The lowest BCUT2D eigenvalue weighted by Crippen LogP contribution is -1.99. The van der Waals surface area contributed by atoms with Gasteiger partial charge in [-0.15, -0.1) is 0 Å². The van der Waals surface area contributed by atoms with Gasteiger partial charge in [0.2, 0.25) is 0 Å². The first-order chi connectivity index (χ1) is 6.61. The van der Waals surface area contributed by atoms with Crippen LogP contribution in [0, 0.1) is 11.8 Å². The van der Waals surface area contributed by atoms with Gasteiger partial charge in [-0.3, -0.25) is 0 Å². The zero-order valence-electron chi connectivity index (χ0n) is 7.02. The lowest BCUT2D eigenvalue weighted by Gasteiger charge is -1.96. The van der Waals surface area contributed by atoms with Gasteiger partial charge in [0.25, 0.3) is 0 Å². The second-order valence-corrected chi connectivity index (χ2v) is 2.41. The molecular weight excluding hydrogens is 184 g/mol. The molecule has 0 bridgehead atoms. The van der Waals surface area contributed by atoms with Crippen molar-refractivity contribution >= 4 is 11.9 Å². The van der Waals surface area contributed by atoms with E-state index in [0.29, 0.717) is 0 Å². The molecule has 0 saturated carbocycles. The molecule has 0 radical (unpaired) electrons. The van der Waals surface area contributed by atoms with Crippen LogP contribution in [0.15, 0.2) is 24.3 Å². The maximum atomic E-state index is 10.7. The van der Waals surface area contributed by atoms with E-state index in [1.165, 1.54) is 12.1 Å². The van der Waals surface area contributed by atoms with Crippen LogP contribution in [0.25, 0.3) is 0 Å². The van der Waals surface area contributed by atoms with Gasteiger partial charge in [-0.2, -0.15) is 0 Å². The molecule has 0 spiro atoms. The molecule has 0 heterocycles. The van der Waals surface area contributed by atoms with Crippen LogP contribution in [0.4, 0.5) is 0 Å². The summed E-state index contributed by atoms with van der Waals surface area (Å²) in [4.78, 5) is 20.8. The number of rotatable bonds is 1. The van der Waals surface area contributed by atoms with E-state index in [9.17, 15) is 9.59 Å². The molecule has 1 aromatic carbocycles. The predicted octanol–water partition coefficient (Wildman–Crippen LogP) is 0.821. The number of hydrogen-bond acceptors (Lipinski definition) is 2. The molecule has 4 heteroatoms. The van der Waals surface area contributed by atoms with Crippen molar-refractivity contribution in [3.63, 3.8) is 0 Å². The standard InChI is InChI=1S/C10H6O4/c11-9(12)6-5-7-3-1-2-4-8(7)10(13)14/h1-4H,(H,11,12)(H,13,14). The fraction of sp³-hybridized carbons (Fsp3) is 0. The molecular formula is C10H6O4. The Morgan fingerprint density at radius 1 is 1.14 bits per heavy atom. The normalized spacial score (nSPS) is 8.57. The smallest absolute Gasteiger partial charge is 0.382 e. The van der Waals surface area contributed by atoms with E-state index in [1.54, 1.807) is 12.1 Å². The van der Waals surface area contributed by atoms with Crippen molar-refractivity contribution in [3.8, 4) is 11.8 Å². The SMILES string of the molecule is O=C(O)C#Cc1ccccc1C(=O)O. The molecule has 2 N–H and O–H groups in total. The molecule has 0 saturated heterocycles. The summed E-state index contributed by atoms with van der Waals surface area (Å²) >= 11 is 0. The van der Waals surface area contributed by atoms with Crippen LogP contribution in [-0.2, 0) is 4.79 Å². The Morgan fingerprint density at radius 2 is 1.79 bits per heavy atom. The van der Waals surface area contributed by atoms with Crippen molar-refractivity contribution in [3.05, 3.63) is 35.4 Å². The fourth-order valence-electron chi connectivity index (χ4n) is 0.899. The van der Waals surface area contributed by atoms with E-state index < -0.39 is 11.9 Å². The van der Waals surface area contributed by atoms with Gasteiger partial charge in [0.15, 0.2) is 0 Å². The quantitative estimate of drug-likeness (QED) is 0.643. The minimum atomic E-state index is -1.29. The van der Waals surface area contributed by atoms with Crippen LogP contribution >= 0.6 is 0 Å². The molecule has 0 atom stereocenters. The molecule has 0 aliphatic heterocycles. The van der Waals surface area contributed by atoms with Crippen LogP contribution in [0.2, 0.25) is 0 Å². The Kier molecular flexibility index (Phi) is 2.87. The lowest BCUT2D eigenvalue weighted by atomic mass is 10.1. The van der Waals surface area contributed by atoms with Gasteiger partial charge in [0.1, 0.15) is 0 Å². The van der Waals surface area contributed by atoms with Gasteiger partial charge in [-0.05, 0) is 12.1 Å². The zero-order chi connectivity index (χ0) is 10.6. The summed E-state index contributed by atoms with van der Waals surface area (Å²) in [6.07, 6.45) is 0. The highest BCUT2D eigenvalue weighted by Gasteiger charge is 2.06. The van der Waals surface area contributed by atoms with E-state index in [-0.39, 0.29) is 11.1 Å². The number of hydrogen-bond donors (Lipinski definition) is 2. The highest BCUT2D eigenvalue weighted by molar-refractivity contribution is 5.92. The van der Waals surface area contributed by atoms with Gasteiger partial charge in [0.05, 0.1) is 5.56 Å². The number of aliphatic carboxylic acids is 1. The second kappa shape index (κ2) is 4.10. The highest BCUT2D eigenvalue weighted by atomic mass is 16.4. The highest BCUT2D eigenvalue weighted by Crippen LogP contribution is 2.06. The summed E-state index contributed by atoms with van der Waals surface area (Å²) < 4.78 is 0. The van der Waals surface area contributed by atoms with E-state index in [1.807, 2.05) is 5.92 Å². The summed E-state index contributed by atoms with van der Waals surface area (Å²) in [5.41, 5.74) is 0.198. The Balaban J connectivity index is 3.16. The van der Waals surface area contributed by atoms with Crippen LogP contribution in [-0.4, -0.2) is 22.2 Å². The molecule has 0 aliphatic carbocycles. The van der Waals surface area contributed by atoms with E-state index in [4.69, 9.17) is 10.2 Å². The van der Waals surface area contributed by atoms with E-state index >= 15 is 0 Å². The largest absolute Gasteiger partial charge is 0.478 e. The molecule has 70 valence electrons. The maximum Gasteiger partial charge on any atom is 0.382 e. The molecule has 0 aliphatic rings. The van der Waals surface area contributed by atoms with Crippen molar-refractivity contribution in [1.82, 2.24) is 0 Å². The Bertz CT molecular complexity index is 437. The summed E-state index contributed by atoms with van der Waals surface area (Å²) in [6, 6.07) is 5.97. The topological polar surface area (TPSA) is 74.6 Å². The fourth-order valence-corrected chi connectivity index (χ4v) is 0.899. The minimum absolute atomic E-state index is 0.00116.